The highest BCUT2D eigenvalue weighted by molar-refractivity contribution is 6.38. The molecule has 1 fully saturated rings. The maximum atomic E-state index is 13.4. The van der Waals surface area contributed by atoms with E-state index in [1.807, 2.05) is 0 Å². The molecule has 1 atom stereocenters. The SMILES string of the molecule is CC(C)(NC(=O)N1CCC(F)(F)CC1)C(=O)N[C@H](Cc1ccccc1)C(=O)C(=O)NCc1ccccn1. The van der Waals surface area contributed by atoms with Crippen molar-refractivity contribution in [3.05, 3.63) is 66.0 Å². The second kappa shape index (κ2) is 11.9. The van der Waals surface area contributed by atoms with E-state index < -0.39 is 54.0 Å². The van der Waals surface area contributed by atoms with Crippen LogP contribution in [0.15, 0.2) is 54.7 Å². The summed E-state index contributed by atoms with van der Waals surface area (Å²) < 4.78 is 26.9. The predicted molar refractivity (Wildman–Crippen MR) is 132 cm³/mol. The van der Waals surface area contributed by atoms with E-state index in [0.717, 1.165) is 5.56 Å². The summed E-state index contributed by atoms with van der Waals surface area (Å²) in [5.41, 5.74) is -0.210. The van der Waals surface area contributed by atoms with Crippen LogP contribution in [0.5, 0.6) is 0 Å². The number of Topliss-reactive ketones (excluding diaryl/α,β-unsaturated/α-hetero) is 1. The molecule has 0 saturated carbocycles. The lowest BCUT2D eigenvalue weighted by molar-refractivity contribution is -0.140. The lowest BCUT2D eigenvalue weighted by Gasteiger charge is -2.35. The Morgan fingerprint density at radius 3 is 2.30 bits per heavy atom. The average molecular weight is 516 g/mol. The van der Waals surface area contributed by atoms with Crippen LogP contribution in [0.25, 0.3) is 0 Å². The molecule has 0 radical (unpaired) electrons. The summed E-state index contributed by atoms with van der Waals surface area (Å²) in [4.78, 5) is 56.8. The number of carbonyl (C=O) groups excluding carboxylic acids is 4. The van der Waals surface area contributed by atoms with Crippen molar-refractivity contribution in [3.8, 4) is 0 Å². The van der Waals surface area contributed by atoms with Crippen LogP contribution >= 0.6 is 0 Å². The largest absolute Gasteiger partial charge is 0.344 e. The highest BCUT2D eigenvalue weighted by atomic mass is 19.3. The number of ketones is 1. The molecule has 2 aromatic rings. The van der Waals surface area contributed by atoms with Crippen LogP contribution in [0, 0.1) is 0 Å². The highest BCUT2D eigenvalue weighted by Gasteiger charge is 2.39. The molecule has 11 heteroatoms. The minimum atomic E-state index is -2.81. The van der Waals surface area contributed by atoms with Gasteiger partial charge in [-0.25, -0.2) is 13.6 Å². The Bertz CT molecular complexity index is 1100. The first-order valence-corrected chi connectivity index (χ1v) is 12.0. The van der Waals surface area contributed by atoms with Gasteiger partial charge in [0, 0.05) is 38.5 Å². The average Bonchev–Trinajstić information content (AvgIpc) is 2.87. The van der Waals surface area contributed by atoms with Crippen molar-refractivity contribution < 1.29 is 28.0 Å². The fourth-order valence-corrected chi connectivity index (χ4v) is 3.76. The zero-order chi connectivity index (χ0) is 27.1. The van der Waals surface area contributed by atoms with Gasteiger partial charge in [0.2, 0.25) is 11.7 Å². The van der Waals surface area contributed by atoms with E-state index in [9.17, 15) is 28.0 Å². The Balaban J connectivity index is 1.66. The van der Waals surface area contributed by atoms with E-state index in [2.05, 4.69) is 20.9 Å². The van der Waals surface area contributed by atoms with Gasteiger partial charge in [0.1, 0.15) is 11.6 Å². The molecule has 37 heavy (non-hydrogen) atoms. The van der Waals surface area contributed by atoms with E-state index in [-0.39, 0.29) is 26.1 Å². The molecule has 1 aliphatic heterocycles. The Morgan fingerprint density at radius 1 is 1.03 bits per heavy atom. The number of alkyl halides is 2. The molecular weight excluding hydrogens is 484 g/mol. The first-order chi connectivity index (χ1) is 17.5. The van der Waals surface area contributed by atoms with E-state index in [1.165, 1.54) is 18.7 Å². The lowest BCUT2D eigenvalue weighted by atomic mass is 9.98. The van der Waals surface area contributed by atoms with Crippen LogP contribution in [0.4, 0.5) is 13.6 Å². The Hall–Kier alpha value is -3.89. The molecule has 0 aliphatic carbocycles. The Morgan fingerprint density at radius 2 is 1.68 bits per heavy atom. The van der Waals surface area contributed by atoms with Gasteiger partial charge in [0.25, 0.3) is 11.8 Å². The summed E-state index contributed by atoms with van der Waals surface area (Å²) in [6.45, 7) is 2.63. The predicted octanol–water partition coefficient (Wildman–Crippen LogP) is 2.21. The minimum Gasteiger partial charge on any atom is -0.344 e. The third-order valence-corrected chi connectivity index (χ3v) is 6.05. The van der Waals surface area contributed by atoms with Gasteiger partial charge in [0.15, 0.2) is 0 Å². The molecule has 2 heterocycles. The molecule has 3 N–H and O–H groups in total. The maximum absolute atomic E-state index is 13.4. The van der Waals surface area contributed by atoms with Gasteiger partial charge in [0.05, 0.1) is 12.2 Å². The summed E-state index contributed by atoms with van der Waals surface area (Å²) in [6.07, 6.45) is 0.712. The number of pyridine rings is 1. The molecule has 9 nitrogen and oxygen atoms in total. The molecule has 198 valence electrons. The second-order valence-electron chi connectivity index (χ2n) is 9.48. The van der Waals surface area contributed by atoms with E-state index in [1.54, 1.807) is 54.7 Å². The van der Waals surface area contributed by atoms with Gasteiger partial charge < -0.3 is 20.9 Å². The number of nitrogens with one attached hydrogen (secondary N) is 3. The van der Waals surface area contributed by atoms with Crippen molar-refractivity contribution >= 4 is 23.6 Å². The van der Waals surface area contributed by atoms with Gasteiger partial charge in [-0.2, -0.15) is 0 Å². The number of aromatic nitrogens is 1. The van der Waals surface area contributed by atoms with Crippen LogP contribution in [0.1, 0.15) is 37.9 Å². The molecule has 0 bridgehead atoms. The first kappa shape index (κ1) is 27.7. The van der Waals surface area contributed by atoms with Crippen molar-refractivity contribution in [1.29, 1.82) is 0 Å². The van der Waals surface area contributed by atoms with Gasteiger partial charge in [-0.1, -0.05) is 36.4 Å². The Labute approximate surface area is 214 Å². The number of urea groups is 1. The standard InChI is InChI=1S/C26H31F2N5O4/c1-25(2,32-24(37)33-14-11-26(27,28)12-15-33)23(36)31-20(16-18-8-4-3-5-9-18)21(34)22(35)30-17-19-10-6-7-13-29-19/h3-10,13,20H,11-12,14-17H2,1-2H3,(H,30,35)(H,31,36)(H,32,37)/t20-/m1/s1. The van der Waals surface area contributed by atoms with Crippen molar-refractivity contribution in [2.45, 2.75) is 57.2 Å². The van der Waals surface area contributed by atoms with Gasteiger partial charge in [-0.05, 0) is 31.5 Å². The molecule has 1 aromatic carbocycles. The van der Waals surface area contributed by atoms with Crippen LogP contribution in [-0.2, 0) is 27.3 Å². The number of piperidine rings is 1. The minimum absolute atomic E-state index is 0.0356. The number of benzene rings is 1. The van der Waals surface area contributed by atoms with Crippen molar-refractivity contribution in [2.24, 2.45) is 0 Å². The van der Waals surface area contributed by atoms with Crippen LogP contribution in [-0.4, -0.2) is 64.1 Å². The smallest absolute Gasteiger partial charge is 0.318 e. The normalized spacial score (nSPS) is 15.8. The van der Waals surface area contributed by atoms with E-state index in [4.69, 9.17) is 0 Å². The molecule has 0 unspecified atom stereocenters. The molecule has 4 amide bonds. The van der Waals surface area contributed by atoms with Gasteiger partial charge in [-0.15, -0.1) is 0 Å². The summed E-state index contributed by atoms with van der Waals surface area (Å²) >= 11 is 0. The number of carbonyl (C=O) groups is 4. The third kappa shape index (κ3) is 8.06. The fourth-order valence-electron chi connectivity index (χ4n) is 3.76. The molecular formula is C26H31F2N5O4. The molecule has 3 rings (SSSR count). The quantitative estimate of drug-likeness (QED) is 0.443. The summed E-state index contributed by atoms with van der Waals surface area (Å²) in [7, 11) is 0. The number of nitrogens with zero attached hydrogens (tertiary/aromatic N) is 2. The first-order valence-electron chi connectivity index (χ1n) is 12.0. The van der Waals surface area contributed by atoms with Crippen LogP contribution < -0.4 is 16.0 Å². The summed E-state index contributed by atoms with van der Waals surface area (Å²) in [6, 6.07) is 12.2. The topological polar surface area (TPSA) is 121 Å². The zero-order valence-electron chi connectivity index (χ0n) is 20.8. The summed E-state index contributed by atoms with van der Waals surface area (Å²) in [5, 5.41) is 7.65. The number of likely N-dealkylation sites (tertiary alicyclic amines) is 1. The number of halogens is 2. The van der Waals surface area contributed by atoms with Crippen LogP contribution in [0.3, 0.4) is 0 Å². The maximum Gasteiger partial charge on any atom is 0.318 e. The van der Waals surface area contributed by atoms with Gasteiger partial charge >= 0.3 is 6.03 Å². The van der Waals surface area contributed by atoms with Crippen molar-refractivity contribution in [3.63, 3.8) is 0 Å². The van der Waals surface area contributed by atoms with E-state index >= 15 is 0 Å². The second-order valence-corrected chi connectivity index (χ2v) is 9.48. The number of hydrogen-bond acceptors (Lipinski definition) is 5. The summed E-state index contributed by atoms with van der Waals surface area (Å²) in [5.74, 6) is -5.25. The monoisotopic (exact) mass is 515 g/mol. The molecule has 0 spiro atoms. The number of amides is 4. The molecule has 1 aliphatic rings. The fraction of sp³-hybridized carbons (Fsp3) is 0.423. The van der Waals surface area contributed by atoms with Crippen LogP contribution in [0.2, 0.25) is 0 Å². The highest BCUT2D eigenvalue weighted by Crippen LogP contribution is 2.27. The molecule has 1 saturated heterocycles. The lowest BCUT2D eigenvalue weighted by Crippen LogP contribution is -2.61. The van der Waals surface area contributed by atoms with Gasteiger partial charge in [-0.3, -0.25) is 19.4 Å². The molecule has 1 aromatic heterocycles. The number of hydrogen-bond donors (Lipinski definition) is 3. The third-order valence-electron chi connectivity index (χ3n) is 6.05. The van der Waals surface area contributed by atoms with Crippen molar-refractivity contribution in [2.75, 3.05) is 13.1 Å². The van der Waals surface area contributed by atoms with E-state index in [0.29, 0.717) is 5.69 Å². The number of rotatable bonds is 9. The van der Waals surface area contributed by atoms with Crippen molar-refractivity contribution in [1.82, 2.24) is 25.8 Å². The zero-order valence-corrected chi connectivity index (χ0v) is 20.8. The Kier molecular flexibility index (Phi) is 8.90.